The molecule has 4 heteroatoms. The Morgan fingerprint density at radius 3 is 3.00 bits per heavy atom. The van der Waals surface area contributed by atoms with Crippen molar-refractivity contribution in [1.29, 1.82) is 0 Å². The molecule has 0 aromatic carbocycles. The third-order valence-electron chi connectivity index (χ3n) is 1.68. The van der Waals surface area contributed by atoms with Crippen molar-refractivity contribution in [3.05, 3.63) is 36.3 Å². The lowest BCUT2D eigenvalue weighted by Crippen LogP contribution is -2.13. The van der Waals surface area contributed by atoms with E-state index < -0.39 is 12.1 Å². The minimum atomic E-state index is -1.14. The average Bonchev–Trinajstić information content (AvgIpc) is 2.68. The number of rotatable bonds is 4. The van der Waals surface area contributed by atoms with Crippen molar-refractivity contribution in [2.24, 2.45) is 0 Å². The third kappa shape index (κ3) is 2.23. The first-order valence-corrected chi connectivity index (χ1v) is 4.24. The molecule has 0 spiro atoms. The van der Waals surface area contributed by atoms with Crippen LogP contribution in [0.2, 0.25) is 0 Å². The molecule has 1 aromatic rings. The number of aliphatic hydroxyl groups excluding tert-OH is 1. The first-order chi connectivity index (χ1) is 6.66. The molecule has 1 N–H and O–H groups in total. The Labute approximate surface area is 81.8 Å². The molecule has 0 saturated carbocycles. The summed E-state index contributed by atoms with van der Waals surface area (Å²) in [7, 11) is 0. The van der Waals surface area contributed by atoms with Crippen molar-refractivity contribution < 1.29 is 19.1 Å². The molecule has 1 heterocycles. The van der Waals surface area contributed by atoms with Crippen LogP contribution in [0.15, 0.2) is 35.0 Å². The van der Waals surface area contributed by atoms with E-state index in [4.69, 9.17) is 4.42 Å². The summed E-state index contributed by atoms with van der Waals surface area (Å²) < 4.78 is 9.61. The van der Waals surface area contributed by atoms with Crippen LogP contribution in [-0.2, 0) is 9.53 Å². The predicted octanol–water partition coefficient (Wildman–Crippen LogP) is 1.43. The average molecular weight is 196 g/mol. The lowest BCUT2D eigenvalue weighted by molar-refractivity contribution is -0.139. The van der Waals surface area contributed by atoms with Crippen LogP contribution in [0.25, 0.3) is 0 Å². The Hall–Kier alpha value is -1.55. The van der Waals surface area contributed by atoms with Gasteiger partial charge in [-0.1, -0.05) is 6.58 Å². The Balaban J connectivity index is 2.66. The zero-order valence-corrected chi connectivity index (χ0v) is 7.90. The fourth-order valence-electron chi connectivity index (χ4n) is 0.954. The summed E-state index contributed by atoms with van der Waals surface area (Å²) >= 11 is 0. The number of aliphatic hydroxyl groups is 1. The molecule has 0 saturated heterocycles. The van der Waals surface area contributed by atoms with Gasteiger partial charge in [0.25, 0.3) is 0 Å². The summed E-state index contributed by atoms with van der Waals surface area (Å²) in [6, 6.07) is 3.19. The number of furan rings is 1. The van der Waals surface area contributed by atoms with Gasteiger partial charge in [-0.25, -0.2) is 4.79 Å². The molecule has 0 aliphatic rings. The zero-order chi connectivity index (χ0) is 10.6. The molecular weight excluding hydrogens is 184 g/mol. The van der Waals surface area contributed by atoms with Crippen molar-refractivity contribution in [2.75, 3.05) is 6.61 Å². The highest BCUT2D eigenvalue weighted by atomic mass is 16.5. The van der Waals surface area contributed by atoms with Crippen LogP contribution in [0.5, 0.6) is 0 Å². The molecule has 0 fully saturated rings. The van der Waals surface area contributed by atoms with Crippen LogP contribution in [0.1, 0.15) is 18.8 Å². The Kier molecular flexibility index (Phi) is 3.48. The second-order valence-corrected chi connectivity index (χ2v) is 2.66. The molecule has 1 rings (SSSR count). The maximum absolute atomic E-state index is 11.2. The lowest BCUT2D eigenvalue weighted by Gasteiger charge is -2.09. The molecule has 0 bridgehead atoms. The molecule has 0 aliphatic carbocycles. The highest BCUT2D eigenvalue weighted by Gasteiger charge is 2.21. The molecular formula is C10H12O4. The van der Waals surface area contributed by atoms with Gasteiger partial charge in [-0.05, 0) is 19.1 Å². The van der Waals surface area contributed by atoms with E-state index in [9.17, 15) is 9.90 Å². The summed E-state index contributed by atoms with van der Waals surface area (Å²) in [5.41, 5.74) is -0.0261. The number of ether oxygens (including phenoxy) is 1. The minimum absolute atomic E-state index is 0.0261. The fourth-order valence-corrected chi connectivity index (χ4v) is 0.954. The predicted molar refractivity (Wildman–Crippen MR) is 49.4 cm³/mol. The number of carbonyl (C=O) groups is 1. The first kappa shape index (κ1) is 10.5. The van der Waals surface area contributed by atoms with Gasteiger partial charge in [0.05, 0.1) is 18.4 Å². The van der Waals surface area contributed by atoms with Crippen molar-refractivity contribution >= 4 is 5.97 Å². The molecule has 1 aromatic heterocycles. The molecule has 76 valence electrons. The van der Waals surface area contributed by atoms with Gasteiger partial charge in [-0.15, -0.1) is 0 Å². The Morgan fingerprint density at radius 1 is 1.79 bits per heavy atom. The maximum atomic E-state index is 11.2. The van der Waals surface area contributed by atoms with Crippen molar-refractivity contribution in [1.82, 2.24) is 0 Å². The molecule has 14 heavy (non-hydrogen) atoms. The van der Waals surface area contributed by atoms with Crippen LogP contribution < -0.4 is 0 Å². The van der Waals surface area contributed by atoms with E-state index in [2.05, 4.69) is 11.3 Å². The second kappa shape index (κ2) is 4.62. The van der Waals surface area contributed by atoms with Crippen molar-refractivity contribution in [2.45, 2.75) is 13.0 Å². The number of hydrogen-bond acceptors (Lipinski definition) is 4. The van der Waals surface area contributed by atoms with Crippen LogP contribution >= 0.6 is 0 Å². The highest BCUT2D eigenvalue weighted by Crippen LogP contribution is 2.21. The minimum Gasteiger partial charge on any atom is -0.466 e. The SMILES string of the molecule is C=C(C(=O)OCC)C(O)c1ccco1. The van der Waals surface area contributed by atoms with E-state index in [1.807, 2.05) is 0 Å². The van der Waals surface area contributed by atoms with Crippen molar-refractivity contribution in [3.63, 3.8) is 0 Å². The van der Waals surface area contributed by atoms with Gasteiger partial charge in [0, 0.05) is 0 Å². The molecule has 0 aliphatic heterocycles. The van der Waals surface area contributed by atoms with Crippen LogP contribution in [0.3, 0.4) is 0 Å². The third-order valence-corrected chi connectivity index (χ3v) is 1.68. The van der Waals surface area contributed by atoms with E-state index in [1.165, 1.54) is 6.26 Å². The smallest absolute Gasteiger partial charge is 0.336 e. The van der Waals surface area contributed by atoms with Crippen LogP contribution in [0.4, 0.5) is 0 Å². The molecule has 1 atom stereocenters. The monoisotopic (exact) mass is 196 g/mol. The van der Waals surface area contributed by atoms with Gasteiger partial charge >= 0.3 is 5.97 Å². The Morgan fingerprint density at radius 2 is 2.50 bits per heavy atom. The lowest BCUT2D eigenvalue weighted by atomic mass is 10.1. The number of carbonyl (C=O) groups excluding carboxylic acids is 1. The van der Waals surface area contributed by atoms with Gasteiger partial charge < -0.3 is 14.3 Å². The zero-order valence-electron chi connectivity index (χ0n) is 7.90. The quantitative estimate of drug-likeness (QED) is 0.584. The van der Waals surface area contributed by atoms with E-state index >= 15 is 0 Å². The summed E-state index contributed by atoms with van der Waals surface area (Å²) in [6.07, 6.45) is 0.279. The van der Waals surface area contributed by atoms with Crippen LogP contribution in [-0.4, -0.2) is 17.7 Å². The largest absolute Gasteiger partial charge is 0.466 e. The van der Waals surface area contributed by atoms with Gasteiger partial charge in [0.2, 0.25) is 0 Å². The molecule has 4 nitrogen and oxygen atoms in total. The molecule has 1 unspecified atom stereocenters. The van der Waals surface area contributed by atoms with Gasteiger partial charge in [-0.2, -0.15) is 0 Å². The topological polar surface area (TPSA) is 59.7 Å². The Bertz CT molecular complexity index is 313. The molecule has 0 radical (unpaired) electrons. The van der Waals surface area contributed by atoms with Crippen LogP contribution in [0, 0.1) is 0 Å². The first-order valence-electron chi connectivity index (χ1n) is 4.24. The highest BCUT2D eigenvalue weighted by molar-refractivity contribution is 5.88. The summed E-state index contributed by atoms with van der Waals surface area (Å²) in [6.45, 7) is 5.38. The van der Waals surface area contributed by atoms with E-state index in [0.29, 0.717) is 0 Å². The normalized spacial score (nSPS) is 12.1. The van der Waals surface area contributed by atoms with E-state index in [1.54, 1.807) is 19.1 Å². The summed E-state index contributed by atoms with van der Waals surface area (Å²) in [5, 5.41) is 9.58. The number of hydrogen-bond donors (Lipinski definition) is 1. The standard InChI is InChI=1S/C10H12O4/c1-3-13-10(12)7(2)9(11)8-5-4-6-14-8/h4-6,9,11H,2-3H2,1H3. The van der Waals surface area contributed by atoms with E-state index in [-0.39, 0.29) is 17.9 Å². The van der Waals surface area contributed by atoms with Gasteiger partial charge in [0.15, 0.2) is 0 Å². The van der Waals surface area contributed by atoms with Gasteiger partial charge in [-0.3, -0.25) is 0 Å². The summed E-state index contributed by atoms with van der Waals surface area (Å²) in [5.74, 6) is -0.334. The molecule has 0 amide bonds. The maximum Gasteiger partial charge on any atom is 0.336 e. The second-order valence-electron chi connectivity index (χ2n) is 2.66. The fraction of sp³-hybridized carbons (Fsp3) is 0.300. The van der Waals surface area contributed by atoms with Gasteiger partial charge in [0.1, 0.15) is 11.9 Å². The van der Waals surface area contributed by atoms with E-state index in [0.717, 1.165) is 0 Å². The number of esters is 1. The summed E-state index contributed by atoms with van der Waals surface area (Å²) in [4.78, 5) is 11.2. The van der Waals surface area contributed by atoms with Crippen molar-refractivity contribution in [3.8, 4) is 0 Å².